The van der Waals surface area contributed by atoms with Crippen molar-refractivity contribution in [2.45, 2.75) is 12.5 Å². The van der Waals surface area contributed by atoms with E-state index in [1.165, 1.54) is 0 Å². The van der Waals surface area contributed by atoms with E-state index in [0.29, 0.717) is 6.33 Å². The maximum atomic E-state index is 12.2. The first kappa shape index (κ1) is 7.96. The smallest absolute Gasteiger partial charge is 0.223 e. The van der Waals surface area contributed by atoms with E-state index in [1.807, 2.05) is 0 Å². The maximum absolute atomic E-state index is 12.2. The highest BCUT2D eigenvalue weighted by Gasteiger charge is 2.42. The van der Waals surface area contributed by atoms with E-state index < -0.39 is 12.5 Å². The van der Waals surface area contributed by atoms with E-state index in [0.717, 1.165) is 6.33 Å². The predicted molar refractivity (Wildman–Crippen MR) is 26.2 cm³/mol. The van der Waals surface area contributed by atoms with Crippen LogP contribution in [0.15, 0.2) is 12.7 Å². The molecule has 62 valence electrons. The average Bonchev–Trinajstić information content (AvgIpc) is 2.34. The molecular formula is C4H3F4N3. The van der Waals surface area contributed by atoms with Gasteiger partial charge in [0.15, 0.2) is 0 Å². The van der Waals surface area contributed by atoms with Crippen molar-refractivity contribution in [1.82, 2.24) is 14.8 Å². The molecule has 3 nitrogen and oxygen atoms in total. The molecule has 0 aromatic carbocycles. The Bertz CT molecular complexity index is 216. The lowest BCUT2D eigenvalue weighted by Crippen LogP contribution is -2.22. The molecule has 0 fully saturated rings. The molecule has 0 aliphatic rings. The van der Waals surface area contributed by atoms with Gasteiger partial charge >= 0.3 is 6.18 Å². The molecule has 0 spiro atoms. The molecule has 0 saturated heterocycles. The fourth-order valence-electron chi connectivity index (χ4n) is 0.484. The lowest BCUT2D eigenvalue weighted by atomic mass is 10.6. The summed E-state index contributed by atoms with van der Waals surface area (Å²) in [6, 6.07) is 0. The normalized spacial score (nSPS) is 14.9. The highest BCUT2D eigenvalue weighted by atomic mass is 19.4. The molecule has 0 amide bonds. The molecule has 0 saturated carbocycles. The van der Waals surface area contributed by atoms with E-state index in [4.69, 9.17) is 0 Å². The Morgan fingerprint density at radius 3 is 2.36 bits per heavy atom. The van der Waals surface area contributed by atoms with E-state index in [-0.39, 0.29) is 4.68 Å². The van der Waals surface area contributed by atoms with E-state index >= 15 is 0 Å². The summed E-state index contributed by atoms with van der Waals surface area (Å²) in [7, 11) is 0. The van der Waals surface area contributed by atoms with Gasteiger partial charge in [0.05, 0.1) is 0 Å². The Hall–Kier alpha value is -1.14. The van der Waals surface area contributed by atoms with Crippen LogP contribution in [0.3, 0.4) is 0 Å². The summed E-state index contributed by atoms with van der Waals surface area (Å²) in [5.74, 6) is 0. The zero-order valence-electron chi connectivity index (χ0n) is 5.09. The summed E-state index contributed by atoms with van der Waals surface area (Å²) in [6.45, 7) is 0. The van der Waals surface area contributed by atoms with Gasteiger partial charge < -0.3 is 0 Å². The lowest BCUT2D eigenvalue weighted by Gasteiger charge is -2.10. The first-order valence-electron chi connectivity index (χ1n) is 2.56. The van der Waals surface area contributed by atoms with Crippen LogP contribution < -0.4 is 0 Å². The quantitative estimate of drug-likeness (QED) is 0.593. The minimum absolute atomic E-state index is 0.0972. The molecule has 1 aromatic rings. The minimum Gasteiger partial charge on any atom is -0.223 e. The van der Waals surface area contributed by atoms with Crippen molar-refractivity contribution in [3.05, 3.63) is 12.7 Å². The third-order valence-electron chi connectivity index (χ3n) is 0.939. The van der Waals surface area contributed by atoms with Crippen LogP contribution >= 0.6 is 0 Å². The third kappa shape index (κ3) is 1.66. The first-order valence-corrected chi connectivity index (χ1v) is 2.56. The van der Waals surface area contributed by atoms with Gasteiger partial charge in [-0.15, -0.1) is 0 Å². The van der Waals surface area contributed by atoms with Crippen LogP contribution in [0.25, 0.3) is 0 Å². The van der Waals surface area contributed by atoms with Crippen LogP contribution in [0.5, 0.6) is 0 Å². The first-order chi connectivity index (χ1) is 5.02. The highest BCUT2D eigenvalue weighted by molar-refractivity contribution is 4.65. The zero-order valence-corrected chi connectivity index (χ0v) is 5.09. The van der Waals surface area contributed by atoms with Gasteiger partial charge in [-0.05, 0) is 0 Å². The van der Waals surface area contributed by atoms with Crippen molar-refractivity contribution < 1.29 is 17.6 Å². The average molecular weight is 169 g/mol. The Morgan fingerprint density at radius 2 is 2.00 bits per heavy atom. The predicted octanol–water partition coefficient (Wildman–Crippen LogP) is 1.31. The van der Waals surface area contributed by atoms with Crippen LogP contribution in [0.2, 0.25) is 0 Å². The van der Waals surface area contributed by atoms with Crippen molar-refractivity contribution in [2.24, 2.45) is 0 Å². The summed E-state index contributed by atoms with van der Waals surface area (Å²) in [5.41, 5.74) is 0. The topological polar surface area (TPSA) is 30.7 Å². The number of alkyl halides is 4. The molecule has 0 bridgehead atoms. The molecule has 7 heteroatoms. The molecule has 1 rings (SSSR count). The van der Waals surface area contributed by atoms with Crippen molar-refractivity contribution in [3.63, 3.8) is 0 Å². The molecule has 1 heterocycles. The second-order valence-electron chi connectivity index (χ2n) is 1.75. The van der Waals surface area contributed by atoms with E-state index in [1.54, 1.807) is 0 Å². The second-order valence-corrected chi connectivity index (χ2v) is 1.75. The number of hydrogen-bond acceptors (Lipinski definition) is 2. The lowest BCUT2D eigenvalue weighted by molar-refractivity contribution is -0.208. The Morgan fingerprint density at radius 1 is 1.36 bits per heavy atom. The van der Waals surface area contributed by atoms with E-state index in [2.05, 4.69) is 10.1 Å². The fourth-order valence-corrected chi connectivity index (χ4v) is 0.484. The van der Waals surface area contributed by atoms with Crippen LogP contribution in [0.4, 0.5) is 17.6 Å². The van der Waals surface area contributed by atoms with Crippen molar-refractivity contribution in [2.75, 3.05) is 0 Å². The maximum Gasteiger partial charge on any atom is 0.440 e. The molecule has 1 aromatic heterocycles. The SMILES string of the molecule is FC(n1cncn1)C(F)(F)F. The number of halogens is 4. The molecule has 1 unspecified atom stereocenters. The number of rotatable bonds is 1. The van der Waals surface area contributed by atoms with Gasteiger partial charge in [-0.2, -0.15) is 18.3 Å². The van der Waals surface area contributed by atoms with Crippen molar-refractivity contribution >= 4 is 0 Å². The molecule has 0 N–H and O–H groups in total. The number of aromatic nitrogens is 3. The van der Waals surface area contributed by atoms with Gasteiger partial charge in [0.2, 0.25) is 0 Å². The van der Waals surface area contributed by atoms with Gasteiger partial charge in [0, 0.05) is 0 Å². The second kappa shape index (κ2) is 2.48. The standard InChI is InChI=1S/C4H3F4N3/c5-3(4(6,7)8)11-2-9-1-10-11/h1-3H. The Labute approximate surface area is 58.7 Å². The summed E-state index contributed by atoms with van der Waals surface area (Å²) in [5, 5.41) is 2.99. The van der Waals surface area contributed by atoms with Gasteiger partial charge in [-0.3, -0.25) is 0 Å². The van der Waals surface area contributed by atoms with E-state index in [9.17, 15) is 17.6 Å². The largest absolute Gasteiger partial charge is 0.440 e. The zero-order chi connectivity index (χ0) is 8.48. The molecule has 0 radical (unpaired) electrons. The number of hydrogen-bond donors (Lipinski definition) is 0. The van der Waals surface area contributed by atoms with Crippen LogP contribution in [-0.2, 0) is 0 Å². The van der Waals surface area contributed by atoms with Gasteiger partial charge in [-0.25, -0.2) is 14.1 Å². The summed E-state index contributed by atoms with van der Waals surface area (Å²) in [4.78, 5) is 3.17. The highest BCUT2D eigenvalue weighted by Crippen LogP contribution is 2.30. The minimum atomic E-state index is -4.92. The van der Waals surface area contributed by atoms with Crippen LogP contribution in [0, 0.1) is 0 Å². The molecule has 1 atom stereocenters. The fraction of sp³-hybridized carbons (Fsp3) is 0.500. The number of nitrogens with zero attached hydrogens (tertiary/aromatic N) is 3. The van der Waals surface area contributed by atoms with Crippen molar-refractivity contribution in [1.29, 1.82) is 0 Å². The Balaban J connectivity index is 2.78. The van der Waals surface area contributed by atoms with Gasteiger partial charge in [0.1, 0.15) is 12.7 Å². The monoisotopic (exact) mass is 169 g/mol. The molecule has 0 aliphatic heterocycles. The Kier molecular flexibility index (Phi) is 1.79. The molecule has 0 aliphatic carbocycles. The molecular weight excluding hydrogens is 166 g/mol. The van der Waals surface area contributed by atoms with Crippen molar-refractivity contribution in [3.8, 4) is 0 Å². The van der Waals surface area contributed by atoms with Gasteiger partial charge in [-0.1, -0.05) is 0 Å². The summed E-state index contributed by atoms with van der Waals surface area (Å²) in [6.07, 6.45) is -6.53. The summed E-state index contributed by atoms with van der Waals surface area (Å²) < 4.78 is 47.0. The summed E-state index contributed by atoms with van der Waals surface area (Å²) >= 11 is 0. The molecule has 11 heavy (non-hydrogen) atoms. The van der Waals surface area contributed by atoms with Crippen LogP contribution in [0.1, 0.15) is 6.30 Å². The third-order valence-corrected chi connectivity index (χ3v) is 0.939. The van der Waals surface area contributed by atoms with Crippen LogP contribution in [-0.4, -0.2) is 20.9 Å². The van der Waals surface area contributed by atoms with Gasteiger partial charge in [0.25, 0.3) is 6.30 Å².